The van der Waals surface area contributed by atoms with Crippen molar-refractivity contribution in [3.63, 3.8) is 0 Å². The first kappa shape index (κ1) is 8.97. The molecule has 0 saturated carbocycles. The summed E-state index contributed by atoms with van der Waals surface area (Å²) in [6.07, 6.45) is 2.71. The first-order valence-electron chi connectivity index (χ1n) is 4.71. The van der Waals surface area contributed by atoms with Crippen LogP contribution in [0, 0.1) is 0 Å². The molecule has 2 N–H and O–H groups in total. The Kier molecular flexibility index (Phi) is 2.26. The zero-order chi connectivity index (χ0) is 9.31. The molecule has 0 aromatic carbocycles. The SMILES string of the molecule is C[N+]1(Cc2csc(N)n2)CCCC1. The predicted octanol–water partition coefficient (Wildman–Crippen LogP) is 1.47. The van der Waals surface area contributed by atoms with Gasteiger partial charge in [0.1, 0.15) is 12.2 Å². The molecule has 1 fully saturated rings. The minimum atomic E-state index is 0.695. The number of thiazole rings is 1. The molecule has 0 aliphatic carbocycles. The molecule has 1 aliphatic rings. The smallest absolute Gasteiger partial charge is 0.180 e. The Bertz CT molecular complexity index is 289. The fourth-order valence-electron chi connectivity index (χ4n) is 2.04. The zero-order valence-corrected chi connectivity index (χ0v) is 8.81. The summed E-state index contributed by atoms with van der Waals surface area (Å²) < 4.78 is 1.14. The minimum Gasteiger partial charge on any atom is -0.375 e. The molecule has 2 heterocycles. The Morgan fingerprint density at radius 3 is 2.77 bits per heavy atom. The van der Waals surface area contributed by atoms with Crippen LogP contribution in [0.5, 0.6) is 0 Å². The van der Waals surface area contributed by atoms with Crippen molar-refractivity contribution in [2.75, 3.05) is 25.9 Å². The van der Waals surface area contributed by atoms with Crippen LogP contribution < -0.4 is 5.73 Å². The minimum absolute atomic E-state index is 0.695. The van der Waals surface area contributed by atoms with Gasteiger partial charge in [0.25, 0.3) is 0 Å². The van der Waals surface area contributed by atoms with E-state index < -0.39 is 0 Å². The maximum Gasteiger partial charge on any atom is 0.180 e. The van der Waals surface area contributed by atoms with E-state index in [-0.39, 0.29) is 0 Å². The van der Waals surface area contributed by atoms with Crippen LogP contribution >= 0.6 is 11.3 Å². The summed E-state index contributed by atoms with van der Waals surface area (Å²) in [7, 11) is 2.31. The van der Waals surface area contributed by atoms with Crippen LogP contribution in [0.3, 0.4) is 0 Å². The summed E-state index contributed by atoms with van der Waals surface area (Å²) in [6, 6.07) is 0. The number of quaternary nitrogens is 1. The topological polar surface area (TPSA) is 38.9 Å². The number of aromatic nitrogens is 1. The molecule has 0 amide bonds. The molecule has 0 radical (unpaired) electrons. The maximum atomic E-state index is 5.60. The van der Waals surface area contributed by atoms with Crippen molar-refractivity contribution < 1.29 is 4.48 Å². The summed E-state index contributed by atoms with van der Waals surface area (Å²) in [5.41, 5.74) is 6.76. The van der Waals surface area contributed by atoms with Crippen molar-refractivity contribution in [1.82, 2.24) is 4.98 Å². The average molecular weight is 198 g/mol. The van der Waals surface area contributed by atoms with E-state index in [0.717, 1.165) is 16.7 Å². The Morgan fingerprint density at radius 2 is 2.23 bits per heavy atom. The molecule has 0 bridgehead atoms. The van der Waals surface area contributed by atoms with Gasteiger partial charge in [-0.1, -0.05) is 0 Å². The van der Waals surface area contributed by atoms with Crippen LogP contribution in [0.1, 0.15) is 18.5 Å². The van der Waals surface area contributed by atoms with Gasteiger partial charge in [-0.15, -0.1) is 11.3 Å². The monoisotopic (exact) mass is 198 g/mol. The molecule has 0 atom stereocenters. The lowest BCUT2D eigenvalue weighted by Gasteiger charge is -2.27. The molecule has 3 nitrogen and oxygen atoms in total. The summed E-state index contributed by atoms with van der Waals surface area (Å²) >= 11 is 1.54. The molecule has 13 heavy (non-hydrogen) atoms. The molecule has 1 aromatic heterocycles. The van der Waals surface area contributed by atoms with Crippen LogP contribution in [0.2, 0.25) is 0 Å². The van der Waals surface area contributed by atoms with E-state index in [1.165, 1.54) is 25.9 Å². The van der Waals surface area contributed by atoms with Gasteiger partial charge in [0, 0.05) is 18.2 Å². The standard InChI is InChI=1S/C9H16N3S/c1-12(4-2-3-5-12)6-8-7-13-9(10)11-8/h7H,2-6H2,1H3,(H2,10,11)/q+1. The Hall–Kier alpha value is -0.610. The van der Waals surface area contributed by atoms with Crippen LogP contribution in [-0.4, -0.2) is 29.6 Å². The molecular weight excluding hydrogens is 182 g/mol. The molecule has 72 valence electrons. The van der Waals surface area contributed by atoms with Gasteiger partial charge in [0.05, 0.1) is 20.1 Å². The first-order chi connectivity index (χ1) is 6.18. The fraction of sp³-hybridized carbons (Fsp3) is 0.667. The second-order valence-electron chi connectivity index (χ2n) is 4.11. The average Bonchev–Trinajstić information content (AvgIpc) is 2.62. The lowest BCUT2D eigenvalue weighted by atomic mass is 10.4. The zero-order valence-electron chi connectivity index (χ0n) is 7.99. The van der Waals surface area contributed by atoms with E-state index in [0.29, 0.717) is 5.13 Å². The Morgan fingerprint density at radius 1 is 1.54 bits per heavy atom. The van der Waals surface area contributed by atoms with Gasteiger partial charge in [-0.25, -0.2) is 4.98 Å². The number of nitrogens with zero attached hydrogens (tertiary/aromatic N) is 2. The van der Waals surface area contributed by atoms with Gasteiger partial charge in [-0.2, -0.15) is 0 Å². The van der Waals surface area contributed by atoms with E-state index >= 15 is 0 Å². The molecule has 1 aromatic rings. The Labute approximate surface area is 82.8 Å². The highest BCUT2D eigenvalue weighted by Crippen LogP contribution is 2.21. The van der Waals surface area contributed by atoms with E-state index in [2.05, 4.69) is 17.4 Å². The van der Waals surface area contributed by atoms with E-state index in [4.69, 9.17) is 5.73 Å². The lowest BCUT2D eigenvalue weighted by molar-refractivity contribution is -0.911. The molecule has 0 unspecified atom stereocenters. The van der Waals surface area contributed by atoms with Gasteiger partial charge < -0.3 is 10.2 Å². The summed E-state index contributed by atoms with van der Waals surface area (Å²) in [6.45, 7) is 3.63. The number of rotatable bonds is 2. The van der Waals surface area contributed by atoms with Crippen molar-refractivity contribution in [1.29, 1.82) is 0 Å². The third kappa shape index (κ3) is 2.00. The quantitative estimate of drug-likeness (QED) is 0.731. The third-order valence-corrected chi connectivity index (χ3v) is 3.48. The van der Waals surface area contributed by atoms with Crippen molar-refractivity contribution in [3.05, 3.63) is 11.1 Å². The van der Waals surface area contributed by atoms with Gasteiger partial charge in [0.15, 0.2) is 5.13 Å². The third-order valence-electron chi connectivity index (χ3n) is 2.76. The lowest BCUT2D eigenvalue weighted by Crippen LogP contribution is -2.39. The Balaban J connectivity index is 2.04. The number of likely N-dealkylation sites (tertiary alicyclic amines) is 1. The van der Waals surface area contributed by atoms with Crippen molar-refractivity contribution >= 4 is 16.5 Å². The maximum absolute atomic E-state index is 5.60. The van der Waals surface area contributed by atoms with Crippen LogP contribution in [0.4, 0.5) is 5.13 Å². The van der Waals surface area contributed by atoms with Gasteiger partial charge in [-0.3, -0.25) is 0 Å². The molecule has 0 spiro atoms. The number of hydrogen-bond donors (Lipinski definition) is 1. The first-order valence-corrected chi connectivity index (χ1v) is 5.59. The van der Waals surface area contributed by atoms with Crippen LogP contribution in [0.25, 0.3) is 0 Å². The molecule has 1 saturated heterocycles. The van der Waals surface area contributed by atoms with Crippen molar-refractivity contribution in [2.45, 2.75) is 19.4 Å². The fourth-order valence-corrected chi connectivity index (χ4v) is 2.60. The number of nitrogen functional groups attached to an aromatic ring is 1. The number of nitrogens with two attached hydrogens (primary N) is 1. The summed E-state index contributed by atoms with van der Waals surface area (Å²) in [5.74, 6) is 0. The molecule has 1 aliphatic heterocycles. The summed E-state index contributed by atoms with van der Waals surface area (Å²) in [4.78, 5) is 4.30. The number of hydrogen-bond acceptors (Lipinski definition) is 3. The van der Waals surface area contributed by atoms with E-state index in [9.17, 15) is 0 Å². The van der Waals surface area contributed by atoms with Crippen LogP contribution in [-0.2, 0) is 6.54 Å². The van der Waals surface area contributed by atoms with E-state index in [1.807, 2.05) is 0 Å². The van der Waals surface area contributed by atoms with Crippen molar-refractivity contribution in [2.24, 2.45) is 0 Å². The highest BCUT2D eigenvalue weighted by atomic mass is 32.1. The van der Waals surface area contributed by atoms with Crippen LogP contribution in [0.15, 0.2) is 5.38 Å². The molecule has 4 heteroatoms. The molecular formula is C9H16N3S+. The highest BCUT2D eigenvalue weighted by molar-refractivity contribution is 7.13. The van der Waals surface area contributed by atoms with Crippen molar-refractivity contribution in [3.8, 4) is 0 Å². The second kappa shape index (κ2) is 3.27. The predicted molar refractivity (Wildman–Crippen MR) is 55.4 cm³/mol. The normalized spacial score (nSPS) is 20.7. The summed E-state index contributed by atoms with van der Waals surface area (Å²) in [5, 5.41) is 2.78. The number of anilines is 1. The highest BCUT2D eigenvalue weighted by Gasteiger charge is 2.27. The van der Waals surface area contributed by atoms with Gasteiger partial charge in [-0.05, 0) is 0 Å². The second-order valence-corrected chi connectivity index (χ2v) is 5.00. The van der Waals surface area contributed by atoms with E-state index in [1.54, 1.807) is 11.3 Å². The van der Waals surface area contributed by atoms with Gasteiger partial charge >= 0.3 is 0 Å². The largest absolute Gasteiger partial charge is 0.375 e. The molecule has 2 rings (SSSR count). The van der Waals surface area contributed by atoms with Gasteiger partial charge in [0.2, 0.25) is 0 Å².